The van der Waals surface area contributed by atoms with E-state index in [0.29, 0.717) is 16.6 Å². The van der Waals surface area contributed by atoms with Gasteiger partial charge in [-0.15, -0.1) is 10.2 Å². The van der Waals surface area contributed by atoms with E-state index in [0.717, 1.165) is 16.3 Å². The number of nitrogens with zero attached hydrogens (tertiary/aromatic N) is 3. The Kier molecular flexibility index (Phi) is 5.55. The Labute approximate surface area is 152 Å². The number of aromatic nitrogens is 3. The first-order valence-electron chi connectivity index (χ1n) is 7.35. The first-order valence-corrected chi connectivity index (χ1v) is 8.72. The molecule has 0 atom stereocenters. The van der Waals surface area contributed by atoms with Gasteiger partial charge < -0.3 is 9.30 Å². The van der Waals surface area contributed by atoms with Gasteiger partial charge in [-0.25, -0.2) is 0 Å². The fraction of sp³-hybridized carbons (Fsp3) is 0.176. The normalized spacial score (nSPS) is 11.1. The topological polar surface area (TPSA) is 39.9 Å². The molecule has 3 rings (SSSR count). The first-order chi connectivity index (χ1) is 12.0. The van der Waals surface area contributed by atoms with Crippen LogP contribution in [-0.2, 0) is 12.8 Å². The Balaban J connectivity index is 1.73. The minimum atomic E-state index is -2.84. The van der Waals surface area contributed by atoms with Gasteiger partial charge in [-0.05, 0) is 35.9 Å². The van der Waals surface area contributed by atoms with Crippen molar-refractivity contribution in [2.75, 3.05) is 0 Å². The molecule has 0 aliphatic carbocycles. The van der Waals surface area contributed by atoms with E-state index in [4.69, 9.17) is 11.6 Å². The summed E-state index contributed by atoms with van der Waals surface area (Å²) in [4.78, 5) is 0. The van der Waals surface area contributed by atoms with Gasteiger partial charge in [-0.2, -0.15) is 8.78 Å². The standard InChI is InChI=1S/C17H14ClF2N3OS/c1-23-15(11-6-8-13(9-7-11)24-16(19)20)21-22-17(23)25-10-12-4-2-3-5-14(12)18/h2-9,16H,10H2,1H3. The summed E-state index contributed by atoms with van der Waals surface area (Å²) >= 11 is 7.68. The minimum Gasteiger partial charge on any atom is -0.435 e. The number of hydrogen-bond donors (Lipinski definition) is 0. The highest BCUT2D eigenvalue weighted by atomic mass is 35.5. The summed E-state index contributed by atoms with van der Waals surface area (Å²) in [5, 5.41) is 9.82. The molecule has 0 bridgehead atoms. The molecule has 0 aliphatic heterocycles. The van der Waals surface area contributed by atoms with Crippen molar-refractivity contribution in [2.45, 2.75) is 17.5 Å². The van der Waals surface area contributed by atoms with Gasteiger partial charge in [0.1, 0.15) is 5.75 Å². The van der Waals surface area contributed by atoms with Crippen LogP contribution in [0.5, 0.6) is 5.75 Å². The highest BCUT2D eigenvalue weighted by Crippen LogP contribution is 2.28. The summed E-state index contributed by atoms with van der Waals surface area (Å²) in [6.45, 7) is -2.84. The molecule has 0 saturated carbocycles. The maximum Gasteiger partial charge on any atom is 0.387 e. The molecule has 0 aliphatic rings. The third kappa shape index (κ3) is 4.29. The zero-order chi connectivity index (χ0) is 17.8. The second-order valence-corrected chi connectivity index (χ2v) is 6.50. The van der Waals surface area contributed by atoms with E-state index in [9.17, 15) is 8.78 Å². The largest absolute Gasteiger partial charge is 0.435 e. The van der Waals surface area contributed by atoms with E-state index in [2.05, 4.69) is 14.9 Å². The van der Waals surface area contributed by atoms with E-state index >= 15 is 0 Å². The molecule has 8 heteroatoms. The Morgan fingerprint density at radius 1 is 1.12 bits per heavy atom. The van der Waals surface area contributed by atoms with Crippen LogP contribution in [0.2, 0.25) is 5.02 Å². The number of halogens is 3. The second-order valence-electron chi connectivity index (χ2n) is 5.15. The van der Waals surface area contributed by atoms with Gasteiger partial charge in [0.2, 0.25) is 0 Å². The molecule has 1 aromatic heterocycles. The molecular formula is C17H14ClF2N3OS. The van der Waals surface area contributed by atoms with Crippen LogP contribution in [0.4, 0.5) is 8.78 Å². The van der Waals surface area contributed by atoms with Crippen molar-refractivity contribution in [1.29, 1.82) is 0 Å². The SMILES string of the molecule is Cn1c(SCc2ccccc2Cl)nnc1-c1ccc(OC(F)F)cc1. The molecule has 2 aromatic carbocycles. The molecular weight excluding hydrogens is 368 g/mol. The van der Waals surface area contributed by atoms with Gasteiger partial charge in [0.15, 0.2) is 11.0 Å². The highest BCUT2D eigenvalue weighted by Gasteiger charge is 2.13. The number of benzene rings is 2. The van der Waals surface area contributed by atoms with Crippen molar-refractivity contribution in [2.24, 2.45) is 7.05 Å². The van der Waals surface area contributed by atoms with E-state index in [1.54, 1.807) is 12.1 Å². The molecule has 0 spiro atoms. The first kappa shape index (κ1) is 17.7. The van der Waals surface area contributed by atoms with Crippen LogP contribution in [-0.4, -0.2) is 21.4 Å². The molecule has 0 saturated heterocycles. The number of thioether (sulfide) groups is 1. The molecule has 4 nitrogen and oxygen atoms in total. The Morgan fingerprint density at radius 2 is 1.84 bits per heavy atom. The lowest BCUT2D eigenvalue weighted by molar-refractivity contribution is -0.0498. The third-order valence-electron chi connectivity index (χ3n) is 3.49. The molecule has 3 aromatic rings. The van der Waals surface area contributed by atoms with Crippen molar-refractivity contribution in [1.82, 2.24) is 14.8 Å². The summed E-state index contributed by atoms with van der Waals surface area (Å²) in [6.07, 6.45) is 0. The van der Waals surface area contributed by atoms with Crippen molar-refractivity contribution >= 4 is 23.4 Å². The van der Waals surface area contributed by atoms with E-state index in [1.807, 2.05) is 35.9 Å². The van der Waals surface area contributed by atoms with Gasteiger partial charge in [0.25, 0.3) is 0 Å². The zero-order valence-corrected chi connectivity index (χ0v) is 14.8. The average molecular weight is 382 g/mol. The molecule has 0 N–H and O–H groups in total. The second kappa shape index (κ2) is 7.84. The van der Waals surface area contributed by atoms with Crippen LogP contribution >= 0.6 is 23.4 Å². The minimum absolute atomic E-state index is 0.106. The average Bonchev–Trinajstić information content (AvgIpc) is 2.95. The van der Waals surface area contributed by atoms with Crippen LogP contribution in [0.1, 0.15) is 5.56 Å². The van der Waals surface area contributed by atoms with Gasteiger partial charge in [0, 0.05) is 23.4 Å². The van der Waals surface area contributed by atoms with Crippen molar-refractivity contribution < 1.29 is 13.5 Å². The zero-order valence-electron chi connectivity index (χ0n) is 13.2. The van der Waals surface area contributed by atoms with E-state index < -0.39 is 6.61 Å². The van der Waals surface area contributed by atoms with Gasteiger partial charge >= 0.3 is 6.61 Å². The van der Waals surface area contributed by atoms with Gasteiger partial charge in [0.05, 0.1) is 0 Å². The quantitative estimate of drug-likeness (QED) is 0.561. The Bertz CT molecular complexity index is 855. The summed E-state index contributed by atoms with van der Waals surface area (Å²) in [7, 11) is 1.85. The van der Waals surface area contributed by atoms with Gasteiger partial charge in [-0.3, -0.25) is 0 Å². The molecule has 1 heterocycles. The van der Waals surface area contributed by atoms with Crippen molar-refractivity contribution in [3.8, 4) is 17.1 Å². The fourth-order valence-corrected chi connectivity index (χ4v) is 3.43. The lowest BCUT2D eigenvalue weighted by Gasteiger charge is -2.07. The number of ether oxygens (including phenoxy) is 1. The van der Waals surface area contributed by atoms with Crippen molar-refractivity contribution in [3.63, 3.8) is 0 Å². The predicted molar refractivity (Wildman–Crippen MR) is 94.1 cm³/mol. The predicted octanol–water partition coefficient (Wildman–Crippen LogP) is 5.03. The summed E-state index contributed by atoms with van der Waals surface area (Å²) in [6, 6.07) is 13.9. The Hall–Kier alpha value is -2.12. The summed E-state index contributed by atoms with van der Waals surface area (Å²) in [5.74, 6) is 1.42. The van der Waals surface area contributed by atoms with Crippen LogP contribution in [0.25, 0.3) is 11.4 Å². The maximum absolute atomic E-state index is 12.2. The maximum atomic E-state index is 12.2. The number of alkyl halides is 2. The molecule has 0 unspecified atom stereocenters. The van der Waals surface area contributed by atoms with Crippen LogP contribution in [0.15, 0.2) is 53.7 Å². The lowest BCUT2D eigenvalue weighted by Crippen LogP contribution is -2.01. The van der Waals surface area contributed by atoms with Crippen LogP contribution in [0.3, 0.4) is 0 Å². The third-order valence-corrected chi connectivity index (χ3v) is 4.92. The van der Waals surface area contributed by atoms with Crippen LogP contribution < -0.4 is 4.74 Å². The molecule has 0 amide bonds. The molecule has 25 heavy (non-hydrogen) atoms. The van der Waals surface area contributed by atoms with Crippen LogP contribution in [0, 0.1) is 0 Å². The fourth-order valence-electron chi connectivity index (χ4n) is 2.24. The van der Waals surface area contributed by atoms with Crippen molar-refractivity contribution in [3.05, 3.63) is 59.1 Å². The Morgan fingerprint density at radius 3 is 2.52 bits per heavy atom. The lowest BCUT2D eigenvalue weighted by atomic mass is 10.2. The molecule has 0 radical (unpaired) electrons. The summed E-state index contributed by atoms with van der Waals surface area (Å²) < 4.78 is 30.6. The molecule has 0 fully saturated rings. The van der Waals surface area contributed by atoms with E-state index in [1.165, 1.54) is 23.9 Å². The molecule has 130 valence electrons. The summed E-state index contributed by atoms with van der Waals surface area (Å²) in [5.41, 5.74) is 1.79. The van der Waals surface area contributed by atoms with E-state index in [-0.39, 0.29) is 5.75 Å². The highest BCUT2D eigenvalue weighted by molar-refractivity contribution is 7.98. The smallest absolute Gasteiger partial charge is 0.387 e. The number of hydrogen-bond acceptors (Lipinski definition) is 4. The number of rotatable bonds is 6. The van der Waals surface area contributed by atoms with Gasteiger partial charge in [-0.1, -0.05) is 41.6 Å². The monoisotopic (exact) mass is 381 g/mol.